The van der Waals surface area contributed by atoms with E-state index in [1.54, 1.807) is 0 Å². The number of carbonyl (C=O) groups excluding carboxylic acids is 1. The summed E-state index contributed by atoms with van der Waals surface area (Å²) in [5, 5.41) is 2.74. The van der Waals surface area contributed by atoms with Crippen LogP contribution >= 0.6 is 12.6 Å². The number of unbranched alkanes of at least 4 members (excludes halogenated alkanes) is 1. The Bertz CT molecular complexity index is 181. The number of quaternary nitrogens is 1. The molecule has 0 saturated carbocycles. The number of hydrogen-bond acceptors (Lipinski definition) is 4. The van der Waals surface area contributed by atoms with Gasteiger partial charge in [-0.15, -0.1) is 0 Å². The van der Waals surface area contributed by atoms with Crippen molar-refractivity contribution in [1.82, 2.24) is 5.32 Å². The minimum Gasteiger partial charge on any atom is -0.379 e. The first kappa shape index (κ1) is 15.7. The van der Waals surface area contributed by atoms with Gasteiger partial charge in [-0.2, -0.15) is 12.6 Å². The fraction of sp³-hybridized carbons (Fsp3) is 0.900. The summed E-state index contributed by atoms with van der Waals surface area (Å²) in [6.45, 7) is 2.52. The van der Waals surface area contributed by atoms with Gasteiger partial charge in [0, 0.05) is 12.3 Å². The number of carbonyl (C=O) groups is 1. The molecule has 0 aromatic rings. The van der Waals surface area contributed by atoms with Gasteiger partial charge in [0.05, 0.1) is 25.8 Å². The predicted molar refractivity (Wildman–Crippen MR) is 67.3 cm³/mol. The average molecular weight is 250 g/mol. The molecule has 6 heteroatoms. The highest BCUT2D eigenvalue weighted by Gasteiger charge is 2.11. The van der Waals surface area contributed by atoms with Crippen LogP contribution in [0.3, 0.4) is 0 Å². The molecule has 0 radical (unpaired) electrons. The molecular weight excluding hydrogens is 226 g/mol. The third-order valence-electron chi connectivity index (χ3n) is 2.13. The second-order valence-electron chi connectivity index (χ2n) is 3.58. The summed E-state index contributed by atoms with van der Waals surface area (Å²) in [4.78, 5) is 11.4. The van der Waals surface area contributed by atoms with Crippen LogP contribution in [0.2, 0.25) is 0 Å². The van der Waals surface area contributed by atoms with Crippen molar-refractivity contribution in [2.45, 2.75) is 25.3 Å². The average Bonchev–Trinajstić information content (AvgIpc) is 2.28. The first-order chi connectivity index (χ1) is 7.72. The molecule has 0 aliphatic carbocycles. The fourth-order valence-electron chi connectivity index (χ4n) is 1.22. The van der Waals surface area contributed by atoms with E-state index in [-0.39, 0.29) is 5.91 Å². The molecule has 0 aliphatic heterocycles. The number of thiol groups is 1. The Labute approximate surface area is 103 Å². The predicted octanol–water partition coefficient (Wildman–Crippen LogP) is -1.21. The maximum atomic E-state index is 11.4. The summed E-state index contributed by atoms with van der Waals surface area (Å²) in [6.07, 6.45) is 2.69. The molecule has 0 aromatic heterocycles. The Hall–Kier alpha value is -0.300. The largest absolute Gasteiger partial charge is 0.379 e. The number of nitrogens with one attached hydrogen (secondary N) is 1. The van der Waals surface area contributed by atoms with Crippen molar-refractivity contribution in [1.29, 1.82) is 0 Å². The molecule has 1 atom stereocenters. The third kappa shape index (κ3) is 8.96. The number of ether oxygens (including phenoxy) is 1. The zero-order valence-corrected chi connectivity index (χ0v) is 10.7. The van der Waals surface area contributed by atoms with Crippen molar-refractivity contribution in [3.8, 4) is 0 Å². The smallest absolute Gasteiger partial charge is 0.236 e. The van der Waals surface area contributed by atoms with E-state index in [9.17, 15) is 4.79 Å². The van der Waals surface area contributed by atoms with Gasteiger partial charge in [-0.05, 0) is 19.3 Å². The topological polar surface area (TPSA) is 92.0 Å². The molecule has 0 heterocycles. The van der Waals surface area contributed by atoms with Gasteiger partial charge in [0.1, 0.15) is 0 Å². The van der Waals surface area contributed by atoms with Crippen molar-refractivity contribution in [3.63, 3.8) is 0 Å². The number of hydrogen-bond donors (Lipinski definition) is 4. The SMILES string of the molecule is NC(CCCC[NH3+])C(=O)NCCOCCS. The van der Waals surface area contributed by atoms with Gasteiger partial charge in [0.15, 0.2) is 0 Å². The summed E-state index contributed by atoms with van der Waals surface area (Å²) in [5.41, 5.74) is 9.45. The highest BCUT2D eigenvalue weighted by atomic mass is 32.1. The van der Waals surface area contributed by atoms with E-state index >= 15 is 0 Å². The third-order valence-corrected chi connectivity index (χ3v) is 2.32. The van der Waals surface area contributed by atoms with Gasteiger partial charge in [0.2, 0.25) is 5.91 Å². The van der Waals surface area contributed by atoms with Crippen LogP contribution in [-0.4, -0.2) is 44.0 Å². The van der Waals surface area contributed by atoms with Crippen molar-refractivity contribution in [2.24, 2.45) is 5.73 Å². The molecule has 6 N–H and O–H groups in total. The molecule has 1 unspecified atom stereocenters. The number of rotatable bonds is 10. The van der Waals surface area contributed by atoms with E-state index in [1.807, 2.05) is 0 Å². The summed E-state index contributed by atoms with van der Waals surface area (Å²) < 4.78 is 5.17. The van der Waals surface area contributed by atoms with Gasteiger partial charge >= 0.3 is 0 Å². The van der Waals surface area contributed by atoms with Gasteiger partial charge in [-0.25, -0.2) is 0 Å². The molecule has 0 aliphatic rings. The van der Waals surface area contributed by atoms with E-state index in [0.717, 1.165) is 25.8 Å². The lowest BCUT2D eigenvalue weighted by atomic mass is 10.1. The second kappa shape index (κ2) is 11.2. The normalized spacial score (nSPS) is 12.4. The molecule has 0 fully saturated rings. The molecule has 0 saturated heterocycles. The lowest BCUT2D eigenvalue weighted by molar-refractivity contribution is -0.368. The molecule has 5 nitrogen and oxygen atoms in total. The summed E-state index contributed by atoms with van der Waals surface area (Å²) >= 11 is 4.01. The Kier molecular flexibility index (Phi) is 11.0. The van der Waals surface area contributed by atoms with E-state index in [0.29, 0.717) is 25.5 Å². The molecule has 0 rings (SSSR count). The van der Waals surface area contributed by atoms with Crippen LogP contribution in [0.4, 0.5) is 0 Å². The lowest BCUT2D eigenvalue weighted by Gasteiger charge is -2.11. The first-order valence-corrected chi connectivity index (χ1v) is 6.36. The van der Waals surface area contributed by atoms with Crippen LogP contribution in [-0.2, 0) is 9.53 Å². The molecular formula is C10H24N3O2S+. The van der Waals surface area contributed by atoms with Crippen LogP contribution in [0.25, 0.3) is 0 Å². The van der Waals surface area contributed by atoms with E-state index in [1.165, 1.54) is 0 Å². The molecule has 16 heavy (non-hydrogen) atoms. The van der Waals surface area contributed by atoms with Gasteiger partial charge in [-0.3, -0.25) is 4.79 Å². The molecule has 1 amide bonds. The van der Waals surface area contributed by atoms with E-state index in [2.05, 4.69) is 23.7 Å². The van der Waals surface area contributed by atoms with Crippen LogP contribution in [0.15, 0.2) is 0 Å². The molecule has 0 bridgehead atoms. The highest BCUT2D eigenvalue weighted by Crippen LogP contribution is 1.97. The van der Waals surface area contributed by atoms with Crippen LogP contribution in [0.1, 0.15) is 19.3 Å². The quantitative estimate of drug-likeness (QED) is 0.289. The molecule has 96 valence electrons. The Balaban J connectivity index is 3.40. The van der Waals surface area contributed by atoms with Gasteiger partial charge in [0.25, 0.3) is 0 Å². The zero-order chi connectivity index (χ0) is 12.2. The Morgan fingerprint density at radius 2 is 2.19 bits per heavy atom. The summed E-state index contributed by atoms with van der Waals surface area (Å²) in [5.74, 6) is 0.594. The number of amides is 1. The molecule has 0 spiro atoms. The van der Waals surface area contributed by atoms with Crippen molar-refractivity contribution in [2.75, 3.05) is 32.1 Å². The second-order valence-corrected chi connectivity index (χ2v) is 4.03. The lowest BCUT2D eigenvalue weighted by Crippen LogP contribution is -2.50. The van der Waals surface area contributed by atoms with Crippen molar-refractivity contribution < 1.29 is 15.3 Å². The van der Waals surface area contributed by atoms with Crippen molar-refractivity contribution >= 4 is 18.5 Å². The van der Waals surface area contributed by atoms with Crippen LogP contribution in [0, 0.1) is 0 Å². The fourth-order valence-corrected chi connectivity index (χ4v) is 1.35. The standard InChI is InChI=1S/C10H23N3O2S/c11-4-2-1-3-9(12)10(14)13-5-6-15-7-8-16/h9,16H,1-8,11-12H2,(H,13,14)/p+1. The summed E-state index contributed by atoms with van der Waals surface area (Å²) in [7, 11) is 0. The number of nitrogens with two attached hydrogens (primary N) is 1. The van der Waals surface area contributed by atoms with Crippen molar-refractivity contribution in [3.05, 3.63) is 0 Å². The Morgan fingerprint density at radius 3 is 2.81 bits per heavy atom. The van der Waals surface area contributed by atoms with Gasteiger partial charge < -0.3 is 21.5 Å². The molecule has 0 aromatic carbocycles. The highest BCUT2D eigenvalue weighted by molar-refractivity contribution is 7.80. The Morgan fingerprint density at radius 1 is 1.44 bits per heavy atom. The van der Waals surface area contributed by atoms with Crippen LogP contribution in [0.5, 0.6) is 0 Å². The monoisotopic (exact) mass is 250 g/mol. The zero-order valence-electron chi connectivity index (χ0n) is 9.78. The minimum atomic E-state index is -0.406. The first-order valence-electron chi connectivity index (χ1n) is 5.73. The maximum absolute atomic E-state index is 11.4. The minimum absolute atomic E-state index is 0.0986. The van der Waals surface area contributed by atoms with E-state index in [4.69, 9.17) is 10.5 Å². The summed E-state index contributed by atoms with van der Waals surface area (Å²) in [6, 6.07) is -0.406. The van der Waals surface area contributed by atoms with Gasteiger partial charge in [-0.1, -0.05) is 0 Å². The van der Waals surface area contributed by atoms with E-state index < -0.39 is 6.04 Å². The van der Waals surface area contributed by atoms with Crippen LogP contribution < -0.4 is 16.8 Å². The maximum Gasteiger partial charge on any atom is 0.236 e.